The van der Waals surface area contributed by atoms with Crippen molar-refractivity contribution in [2.45, 2.75) is 26.8 Å². The van der Waals surface area contributed by atoms with Crippen LogP contribution in [0.25, 0.3) is 11.3 Å². The van der Waals surface area contributed by atoms with Gasteiger partial charge in [0, 0.05) is 18.5 Å². The first-order valence-electron chi connectivity index (χ1n) is 5.99. The number of aryl methyl sites for hydroxylation is 1. The molecule has 1 aromatic heterocycles. The highest BCUT2D eigenvalue weighted by Gasteiger charge is 2.18. The minimum Gasteiger partial charge on any atom is -0.383 e. The predicted molar refractivity (Wildman–Crippen MR) is 67.0 cm³/mol. The Morgan fingerprint density at radius 2 is 1.74 bits per heavy atom. The maximum atomic E-state index is 13.2. The zero-order valence-electron chi connectivity index (χ0n) is 10.7. The summed E-state index contributed by atoms with van der Waals surface area (Å²) in [6.07, 6.45) is 0.643. The van der Waals surface area contributed by atoms with Gasteiger partial charge in [0.25, 0.3) is 0 Å². The summed E-state index contributed by atoms with van der Waals surface area (Å²) in [5.74, 6) is -2.95. The van der Waals surface area contributed by atoms with Crippen LogP contribution in [0.3, 0.4) is 0 Å². The molecule has 2 N–H and O–H groups in total. The molecule has 0 saturated carbocycles. The predicted octanol–water partition coefficient (Wildman–Crippen LogP) is 3.13. The quantitative estimate of drug-likeness (QED) is 0.870. The molecule has 102 valence electrons. The number of hydrogen-bond acceptors (Lipinski definition) is 2. The molecule has 0 bridgehead atoms. The molecule has 6 heteroatoms. The fourth-order valence-electron chi connectivity index (χ4n) is 2.04. The van der Waals surface area contributed by atoms with Gasteiger partial charge in [0.15, 0.2) is 17.5 Å². The van der Waals surface area contributed by atoms with Crippen LogP contribution >= 0.6 is 0 Å². The van der Waals surface area contributed by atoms with E-state index in [0.29, 0.717) is 18.8 Å². The second-order valence-corrected chi connectivity index (χ2v) is 4.11. The fourth-order valence-corrected chi connectivity index (χ4v) is 2.04. The number of anilines is 1. The summed E-state index contributed by atoms with van der Waals surface area (Å²) in [5, 5.41) is 0. The highest BCUT2D eigenvalue weighted by atomic mass is 19.2. The van der Waals surface area contributed by atoms with Gasteiger partial charge in [-0.05, 0) is 19.1 Å². The summed E-state index contributed by atoms with van der Waals surface area (Å²) >= 11 is 0. The van der Waals surface area contributed by atoms with E-state index in [2.05, 4.69) is 4.98 Å². The summed E-state index contributed by atoms with van der Waals surface area (Å²) in [7, 11) is 0. The Labute approximate surface area is 108 Å². The Kier molecular flexibility index (Phi) is 3.50. The molecular formula is C13H14F3N3. The molecule has 0 amide bonds. The number of aromatic nitrogens is 2. The van der Waals surface area contributed by atoms with E-state index in [-0.39, 0.29) is 11.3 Å². The summed E-state index contributed by atoms with van der Waals surface area (Å²) in [6, 6.07) is 1.80. The average molecular weight is 269 g/mol. The number of nitrogen functional groups attached to an aromatic ring is 1. The standard InChI is InChI=1S/C13H14F3N3/c1-3-10-18-12(13(17)19(10)4-2)7-5-8(14)11(16)9(15)6-7/h5-6H,3-4,17H2,1-2H3. The van der Waals surface area contributed by atoms with Gasteiger partial charge < -0.3 is 10.3 Å². The average Bonchev–Trinajstić information content (AvgIpc) is 2.71. The van der Waals surface area contributed by atoms with Crippen molar-refractivity contribution in [2.75, 3.05) is 5.73 Å². The van der Waals surface area contributed by atoms with Crippen molar-refractivity contribution in [1.29, 1.82) is 0 Å². The van der Waals surface area contributed by atoms with Gasteiger partial charge in [0.05, 0.1) is 0 Å². The van der Waals surface area contributed by atoms with E-state index in [1.54, 1.807) is 4.57 Å². The van der Waals surface area contributed by atoms with Gasteiger partial charge in [0.2, 0.25) is 0 Å². The Hall–Kier alpha value is -1.98. The first-order valence-corrected chi connectivity index (χ1v) is 5.99. The van der Waals surface area contributed by atoms with Crippen LogP contribution in [0.2, 0.25) is 0 Å². The third-order valence-corrected chi connectivity index (χ3v) is 2.98. The Morgan fingerprint density at radius 1 is 1.16 bits per heavy atom. The third-order valence-electron chi connectivity index (χ3n) is 2.98. The topological polar surface area (TPSA) is 43.8 Å². The molecule has 2 rings (SSSR count). The molecule has 3 nitrogen and oxygen atoms in total. The molecule has 0 aliphatic heterocycles. The van der Waals surface area contributed by atoms with Gasteiger partial charge in [-0.3, -0.25) is 0 Å². The summed E-state index contributed by atoms with van der Waals surface area (Å²) in [6.45, 7) is 4.41. The van der Waals surface area contributed by atoms with Crippen LogP contribution in [-0.2, 0) is 13.0 Å². The molecule has 1 aromatic carbocycles. The van der Waals surface area contributed by atoms with Crippen molar-refractivity contribution in [3.8, 4) is 11.3 Å². The van der Waals surface area contributed by atoms with Crippen LogP contribution in [0.4, 0.5) is 19.0 Å². The number of benzene rings is 1. The minimum atomic E-state index is -1.49. The van der Waals surface area contributed by atoms with Crippen molar-refractivity contribution in [2.24, 2.45) is 0 Å². The fraction of sp³-hybridized carbons (Fsp3) is 0.308. The molecule has 0 atom stereocenters. The lowest BCUT2D eigenvalue weighted by molar-refractivity contribution is 0.447. The van der Waals surface area contributed by atoms with Crippen molar-refractivity contribution in [3.05, 3.63) is 35.4 Å². The van der Waals surface area contributed by atoms with E-state index in [0.717, 1.165) is 18.0 Å². The van der Waals surface area contributed by atoms with Crippen LogP contribution in [0.15, 0.2) is 12.1 Å². The molecule has 0 saturated heterocycles. The normalized spacial score (nSPS) is 11.0. The number of nitrogens with zero attached hydrogens (tertiary/aromatic N) is 2. The molecule has 19 heavy (non-hydrogen) atoms. The van der Waals surface area contributed by atoms with Gasteiger partial charge in [-0.25, -0.2) is 18.2 Å². The number of rotatable bonds is 3. The molecule has 0 radical (unpaired) electrons. The van der Waals surface area contributed by atoms with Crippen LogP contribution in [0.5, 0.6) is 0 Å². The van der Waals surface area contributed by atoms with Gasteiger partial charge in [-0.2, -0.15) is 0 Å². The first kappa shape index (κ1) is 13.5. The van der Waals surface area contributed by atoms with Crippen LogP contribution in [0, 0.1) is 17.5 Å². The minimum absolute atomic E-state index is 0.135. The molecule has 0 aliphatic rings. The molecule has 0 aliphatic carbocycles. The van der Waals surface area contributed by atoms with E-state index in [1.807, 2.05) is 13.8 Å². The van der Waals surface area contributed by atoms with Gasteiger partial charge >= 0.3 is 0 Å². The zero-order chi connectivity index (χ0) is 14.2. The molecule has 0 unspecified atom stereocenters. The molecule has 2 aromatic rings. The number of halogens is 3. The van der Waals surface area contributed by atoms with E-state index in [9.17, 15) is 13.2 Å². The maximum absolute atomic E-state index is 13.2. The van der Waals surface area contributed by atoms with Crippen LogP contribution in [-0.4, -0.2) is 9.55 Å². The second kappa shape index (κ2) is 4.95. The van der Waals surface area contributed by atoms with Crippen molar-refractivity contribution < 1.29 is 13.2 Å². The Morgan fingerprint density at radius 3 is 2.16 bits per heavy atom. The summed E-state index contributed by atoms with van der Waals surface area (Å²) in [5.41, 5.74) is 6.33. The third kappa shape index (κ3) is 2.18. The first-order chi connectivity index (χ1) is 8.99. The molecular weight excluding hydrogens is 255 g/mol. The largest absolute Gasteiger partial charge is 0.383 e. The highest BCUT2D eigenvalue weighted by molar-refractivity contribution is 5.71. The zero-order valence-corrected chi connectivity index (χ0v) is 10.7. The smallest absolute Gasteiger partial charge is 0.194 e. The van der Waals surface area contributed by atoms with Crippen molar-refractivity contribution >= 4 is 5.82 Å². The Balaban J connectivity index is 2.62. The summed E-state index contributed by atoms with van der Waals surface area (Å²) in [4.78, 5) is 4.26. The van der Waals surface area contributed by atoms with Crippen LogP contribution in [0.1, 0.15) is 19.7 Å². The van der Waals surface area contributed by atoms with E-state index >= 15 is 0 Å². The lowest BCUT2D eigenvalue weighted by Crippen LogP contribution is -2.04. The lowest BCUT2D eigenvalue weighted by atomic mass is 10.1. The van der Waals surface area contributed by atoms with E-state index in [4.69, 9.17) is 5.73 Å². The Bertz CT molecular complexity index is 597. The van der Waals surface area contributed by atoms with Crippen molar-refractivity contribution in [3.63, 3.8) is 0 Å². The maximum Gasteiger partial charge on any atom is 0.194 e. The van der Waals surface area contributed by atoms with Gasteiger partial charge in [-0.15, -0.1) is 0 Å². The van der Waals surface area contributed by atoms with E-state index < -0.39 is 17.5 Å². The number of hydrogen-bond donors (Lipinski definition) is 1. The van der Waals surface area contributed by atoms with Gasteiger partial charge in [0.1, 0.15) is 17.3 Å². The van der Waals surface area contributed by atoms with Gasteiger partial charge in [-0.1, -0.05) is 6.92 Å². The molecule has 0 spiro atoms. The highest BCUT2D eigenvalue weighted by Crippen LogP contribution is 2.29. The number of imidazole rings is 1. The van der Waals surface area contributed by atoms with E-state index in [1.165, 1.54) is 0 Å². The number of nitrogens with two attached hydrogens (primary N) is 1. The lowest BCUT2D eigenvalue weighted by Gasteiger charge is -2.05. The van der Waals surface area contributed by atoms with Crippen molar-refractivity contribution in [1.82, 2.24) is 9.55 Å². The van der Waals surface area contributed by atoms with Crippen LogP contribution < -0.4 is 5.73 Å². The monoisotopic (exact) mass is 269 g/mol. The summed E-state index contributed by atoms with van der Waals surface area (Å²) < 4.78 is 41.2. The SMILES string of the molecule is CCc1nc(-c2cc(F)c(F)c(F)c2)c(N)n1CC. The molecule has 0 fully saturated rings. The molecule has 1 heterocycles. The second-order valence-electron chi connectivity index (χ2n) is 4.11.